The number of benzene rings is 1. The second kappa shape index (κ2) is 4.97. The summed E-state index contributed by atoms with van der Waals surface area (Å²) in [7, 11) is 0. The Labute approximate surface area is 118 Å². The first-order valence-corrected chi connectivity index (χ1v) is 7.26. The van der Waals surface area contributed by atoms with Gasteiger partial charge in [-0.1, -0.05) is 43.7 Å². The fraction of sp³-hybridized carbons (Fsp3) is 0.467. The molecular formula is C15H18ClN3. The van der Waals surface area contributed by atoms with Gasteiger partial charge in [0.1, 0.15) is 0 Å². The van der Waals surface area contributed by atoms with Gasteiger partial charge < -0.3 is 0 Å². The van der Waals surface area contributed by atoms with Gasteiger partial charge in [-0.2, -0.15) is 0 Å². The summed E-state index contributed by atoms with van der Waals surface area (Å²) in [6.07, 6.45) is 5.09. The molecule has 0 saturated heterocycles. The molecule has 1 fully saturated rings. The van der Waals surface area contributed by atoms with Crippen LogP contribution >= 0.6 is 11.6 Å². The zero-order chi connectivity index (χ0) is 13.3. The monoisotopic (exact) mass is 275 g/mol. The Morgan fingerprint density at radius 1 is 1.21 bits per heavy atom. The minimum atomic E-state index is 0.398. The largest absolute Gasteiger partial charge is 0.297 e. The van der Waals surface area contributed by atoms with E-state index in [2.05, 4.69) is 33.8 Å². The number of nitrogens with zero attached hydrogens (tertiary/aromatic N) is 3. The Balaban J connectivity index is 1.95. The second-order valence-electron chi connectivity index (χ2n) is 5.45. The van der Waals surface area contributed by atoms with Crippen LogP contribution in [0.25, 0.3) is 11.4 Å². The smallest absolute Gasteiger partial charge is 0.225 e. The molecule has 100 valence electrons. The van der Waals surface area contributed by atoms with Crippen LogP contribution < -0.4 is 0 Å². The van der Waals surface area contributed by atoms with Crippen molar-refractivity contribution in [1.82, 2.24) is 14.8 Å². The molecule has 1 aliphatic carbocycles. The summed E-state index contributed by atoms with van der Waals surface area (Å²) in [5.74, 6) is 0.880. The minimum Gasteiger partial charge on any atom is -0.297 e. The molecule has 0 spiro atoms. The van der Waals surface area contributed by atoms with Crippen molar-refractivity contribution in [3.63, 3.8) is 0 Å². The molecule has 0 radical (unpaired) electrons. The Bertz CT molecular complexity index is 553. The van der Waals surface area contributed by atoms with Crippen molar-refractivity contribution >= 4 is 11.6 Å². The van der Waals surface area contributed by atoms with E-state index in [0.29, 0.717) is 10.7 Å². The molecule has 19 heavy (non-hydrogen) atoms. The number of hydrogen-bond acceptors (Lipinski definition) is 2. The Hall–Kier alpha value is -1.35. The number of rotatable bonds is 4. The number of halogens is 1. The van der Waals surface area contributed by atoms with Crippen molar-refractivity contribution in [2.24, 2.45) is 5.41 Å². The van der Waals surface area contributed by atoms with Crippen LogP contribution in [-0.2, 0) is 6.54 Å². The van der Waals surface area contributed by atoms with Crippen molar-refractivity contribution in [2.75, 3.05) is 0 Å². The Kier molecular flexibility index (Phi) is 3.31. The molecule has 1 heterocycles. The summed E-state index contributed by atoms with van der Waals surface area (Å²) in [5, 5.41) is 8.79. The molecule has 0 N–H and O–H groups in total. The molecule has 2 aromatic rings. The van der Waals surface area contributed by atoms with Crippen molar-refractivity contribution in [3.8, 4) is 11.4 Å². The first-order valence-electron chi connectivity index (χ1n) is 6.88. The topological polar surface area (TPSA) is 30.7 Å². The molecule has 3 rings (SSSR count). The fourth-order valence-electron chi connectivity index (χ4n) is 2.86. The van der Waals surface area contributed by atoms with E-state index in [4.69, 9.17) is 11.6 Å². The summed E-state index contributed by atoms with van der Waals surface area (Å²) < 4.78 is 2.07. The molecular weight excluding hydrogens is 258 g/mol. The molecule has 0 bridgehead atoms. The summed E-state index contributed by atoms with van der Waals surface area (Å²) >= 11 is 6.23. The highest BCUT2D eigenvalue weighted by molar-refractivity contribution is 6.28. The van der Waals surface area contributed by atoms with Crippen LogP contribution in [0.1, 0.15) is 32.6 Å². The van der Waals surface area contributed by atoms with Crippen LogP contribution in [-0.4, -0.2) is 14.8 Å². The second-order valence-corrected chi connectivity index (χ2v) is 5.79. The van der Waals surface area contributed by atoms with E-state index in [1.807, 2.05) is 18.2 Å². The lowest BCUT2D eigenvalue weighted by Gasteiger charge is -2.41. The van der Waals surface area contributed by atoms with E-state index in [1.165, 1.54) is 25.7 Å². The van der Waals surface area contributed by atoms with Gasteiger partial charge in [0.05, 0.1) is 0 Å². The first-order chi connectivity index (χ1) is 9.24. The predicted octanol–water partition coefficient (Wildman–Crippen LogP) is 4.18. The van der Waals surface area contributed by atoms with Crippen LogP contribution in [0.4, 0.5) is 0 Å². The Morgan fingerprint density at radius 3 is 2.53 bits per heavy atom. The fourth-order valence-corrected chi connectivity index (χ4v) is 3.04. The SMILES string of the molecule is CCC1(Cn2c(Cl)nnc2-c2ccccc2)CCC1. The molecule has 0 unspecified atom stereocenters. The van der Waals surface area contributed by atoms with E-state index in [0.717, 1.165) is 17.9 Å². The van der Waals surface area contributed by atoms with E-state index < -0.39 is 0 Å². The third-order valence-corrected chi connectivity index (χ3v) is 4.67. The van der Waals surface area contributed by atoms with Gasteiger partial charge in [-0.05, 0) is 36.3 Å². The predicted molar refractivity (Wildman–Crippen MR) is 77.0 cm³/mol. The van der Waals surface area contributed by atoms with Gasteiger partial charge in [0, 0.05) is 12.1 Å². The van der Waals surface area contributed by atoms with Crippen LogP contribution in [0.15, 0.2) is 30.3 Å². The van der Waals surface area contributed by atoms with Gasteiger partial charge in [0.15, 0.2) is 5.82 Å². The molecule has 0 amide bonds. The van der Waals surface area contributed by atoms with E-state index in [1.54, 1.807) is 0 Å². The number of hydrogen-bond donors (Lipinski definition) is 0. The lowest BCUT2D eigenvalue weighted by Crippen LogP contribution is -2.33. The molecule has 4 heteroatoms. The molecule has 1 aromatic heterocycles. The lowest BCUT2D eigenvalue weighted by molar-refractivity contribution is 0.101. The van der Waals surface area contributed by atoms with Gasteiger partial charge in [-0.15, -0.1) is 10.2 Å². The molecule has 3 nitrogen and oxygen atoms in total. The average molecular weight is 276 g/mol. The number of aromatic nitrogens is 3. The zero-order valence-electron chi connectivity index (χ0n) is 11.1. The zero-order valence-corrected chi connectivity index (χ0v) is 11.9. The maximum Gasteiger partial charge on any atom is 0.225 e. The molecule has 0 atom stereocenters. The van der Waals surface area contributed by atoms with Crippen LogP contribution in [0.3, 0.4) is 0 Å². The molecule has 1 saturated carbocycles. The average Bonchev–Trinajstić information content (AvgIpc) is 2.76. The van der Waals surface area contributed by atoms with Crippen molar-refractivity contribution in [1.29, 1.82) is 0 Å². The maximum atomic E-state index is 6.23. The molecule has 1 aromatic carbocycles. The standard InChI is InChI=1S/C15H18ClN3/c1-2-15(9-6-10-15)11-19-13(17-18-14(19)16)12-7-4-3-5-8-12/h3-5,7-8H,2,6,9-11H2,1H3. The van der Waals surface area contributed by atoms with Gasteiger partial charge in [-0.25, -0.2) is 0 Å². The van der Waals surface area contributed by atoms with Crippen molar-refractivity contribution in [3.05, 3.63) is 35.6 Å². The highest BCUT2D eigenvalue weighted by Gasteiger charge is 2.36. The summed E-state index contributed by atoms with van der Waals surface area (Å²) in [4.78, 5) is 0. The summed E-state index contributed by atoms with van der Waals surface area (Å²) in [6, 6.07) is 10.1. The van der Waals surface area contributed by atoms with E-state index in [-0.39, 0.29) is 0 Å². The normalized spacial score (nSPS) is 17.2. The van der Waals surface area contributed by atoms with Gasteiger partial charge >= 0.3 is 0 Å². The highest BCUT2D eigenvalue weighted by atomic mass is 35.5. The summed E-state index contributed by atoms with van der Waals surface area (Å²) in [5.41, 5.74) is 1.47. The van der Waals surface area contributed by atoms with E-state index >= 15 is 0 Å². The quantitative estimate of drug-likeness (QED) is 0.838. The summed E-state index contributed by atoms with van der Waals surface area (Å²) in [6.45, 7) is 3.19. The van der Waals surface area contributed by atoms with Crippen LogP contribution in [0, 0.1) is 5.41 Å². The van der Waals surface area contributed by atoms with Crippen molar-refractivity contribution < 1.29 is 0 Å². The van der Waals surface area contributed by atoms with Crippen LogP contribution in [0.2, 0.25) is 5.28 Å². The lowest BCUT2D eigenvalue weighted by atomic mass is 9.67. The molecule has 0 aliphatic heterocycles. The highest BCUT2D eigenvalue weighted by Crippen LogP contribution is 2.46. The van der Waals surface area contributed by atoms with Crippen molar-refractivity contribution in [2.45, 2.75) is 39.2 Å². The first kappa shape index (κ1) is 12.7. The van der Waals surface area contributed by atoms with Gasteiger partial charge in [0.2, 0.25) is 5.28 Å². The minimum absolute atomic E-state index is 0.398. The van der Waals surface area contributed by atoms with Gasteiger partial charge in [-0.3, -0.25) is 4.57 Å². The van der Waals surface area contributed by atoms with Gasteiger partial charge in [0.25, 0.3) is 0 Å². The van der Waals surface area contributed by atoms with Crippen LogP contribution in [0.5, 0.6) is 0 Å². The third kappa shape index (κ3) is 2.27. The maximum absolute atomic E-state index is 6.23. The Morgan fingerprint density at radius 2 is 1.95 bits per heavy atom. The molecule has 1 aliphatic rings. The third-order valence-electron chi connectivity index (χ3n) is 4.40. The van der Waals surface area contributed by atoms with E-state index in [9.17, 15) is 0 Å².